The van der Waals surface area contributed by atoms with Gasteiger partial charge in [-0.25, -0.2) is 0 Å². The summed E-state index contributed by atoms with van der Waals surface area (Å²) in [6.07, 6.45) is -3.59. The van der Waals surface area contributed by atoms with Gasteiger partial charge in [-0.3, -0.25) is 14.0 Å². The topological polar surface area (TPSA) is 54.3 Å². The number of H-pyrrole nitrogens is 1. The fourth-order valence-electron chi connectivity index (χ4n) is 1.35. The molecule has 0 unspecified atom stereocenters. The molecule has 90 valence electrons. The molecule has 17 heavy (non-hydrogen) atoms. The van der Waals surface area contributed by atoms with Crippen molar-refractivity contribution < 1.29 is 13.2 Å². The normalized spacial score (nSPS) is 12.0. The van der Waals surface area contributed by atoms with Crippen LogP contribution in [0.5, 0.6) is 0 Å². The number of nitrogens with zero attached hydrogens (tertiary/aromatic N) is 1. The largest absolute Gasteiger partial charge is 0.432 e. The average molecular weight is 309 g/mol. The van der Waals surface area contributed by atoms with Gasteiger partial charge >= 0.3 is 6.18 Å². The Kier molecular flexibility index (Phi) is 2.61. The third kappa shape index (κ3) is 1.99. The Hall–Kier alpha value is -1.57. The van der Waals surface area contributed by atoms with E-state index in [1.165, 1.54) is 0 Å². The molecule has 2 aromatic rings. The van der Waals surface area contributed by atoms with Crippen LogP contribution >= 0.6 is 15.9 Å². The summed E-state index contributed by atoms with van der Waals surface area (Å²) in [4.78, 5) is 24.6. The predicted molar refractivity (Wildman–Crippen MR) is 57.0 cm³/mol. The monoisotopic (exact) mass is 308 g/mol. The van der Waals surface area contributed by atoms with Crippen LogP contribution in [0, 0.1) is 0 Å². The number of rotatable bonds is 0. The van der Waals surface area contributed by atoms with Gasteiger partial charge in [-0.1, -0.05) is 0 Å². The van der Waals surface area contributed by atoms with Crippen LogP contribution < -0.4 is 11.0 Å². The highest BCUT2D eigenvalue weighted by Crippen LogP contribution is 2.31. The molecule has 0 aliphatic rings. The van der Waals surface area contributed by atoms with Crippen molar-refractivity contribution in [3.8, 4) is 0 Å². The second-order valence-corrected chi connectivity index (χ2v) is 4.03. The molecule has 2 aromatic heterocycles. The summed E-state index contributed by atoms with van der Waals surface area (Å²) in [6.45, 7) is 0. The van der Waals surface area contributed by atoms with Crippen LogP contribution in [0.1, 0.15) is 5.69 Å². The summed E-state index contributed by atoms with van der Waals surface area (Å²) < 4.78 is 38.0. The van der Waals surface area contributed by atoms with E-state index in [0.29, 0.717) is 0 Å². The Morgan fingerprint density at radius 3 is 2.53 bits per heavy atom. The van der Waals surface area contributed by atoms with Crippen molar-refractivity contribution in [3.63, 3.8) is 0 Å². The van der Waals surface area contributed by atoms with Crippen LogP contribution in [-0.4, -0.2) is 9.38 Å². The second-order valence-electron chi connectivity index (χ2n) is 3.23. The number of halogens is 4. The zero-order valence-corrected chi connectivity index (χ0v) is 9.59. The van der Waals surface area contributed by atoms with Crippen molar-refractivity contribution in [2.45, 2.75) is 6.18 Å². The first kappa shape index (κ1) is 11.9. The molecular weight excluding hydrogens is 305 g/mol. The van der Waals surface area contributed by atoms with E-state index in [0.717, 1.165) is 22.7 Å². The first-order chi connectivity index (χ1) is 7.80. The van der Waals surface area contributed by atoms with Crippen LogP contribution in [0.4, 0.5) is 13.2 Å². The Labute approximate surface area is 99.8 Å². The van der Waals surface area contributed by atoms with Gasteiger partial charge < -0.3 is 4.98 Å². The minimum absolute atomic E-state index is 0.210. The summed E-state index contributed by atoms with van der Waals surface area (Å²) in [6, 6.07) is 2.00. The van der Waals surface area contributed by atoms with E-state index >= 15 is 0 Å². The highest BCUT2D eigenvalue weighted by atomic mass is 79.9. The zero-order valence-electron chi connectivity index (χ0n) is 8.01. The predicted octanol–water partition coefficient (Wildman–Crippen LogP) is 1.77. The van der Waals surface area contributed by atoms with Crippen molar-refractivity contribution >= 4 is 21.6 Å². The molecule has 0 aliphatic carbocycles. The van der Waals surface area contributed by atoms with Gasteiger partial charge in [0.15, 0.2) is 5.43 Å². The van der Waals surface area contributed by atoms with Crippen LogP contribution in [0.15, 0.2) is 32.4 Å². The number of pyridine rings is 1. The molecule has 0 bridgehead atoms. The lowest BCUT2D eigenvalue weighted by atomic mass is 10.3. The smallest absolute Gasteiger partial charge is 0.336 e. The zero-order chi connectivity index (χ0) is 12.8. The Morgan fingerprint density at radius 2 is 1.94 bits per heavy atom. The summed E-state index contributed by atoms with van der Waals surface area (Å²) in [5.41, 5.74) is -2.80. The number of aromatic nitrogens is 2. The minimum atomic E-state index is -4.70. The van der Waals surface area contributed by atoms with Crippen LogP contribution in [-0.2, 0) is 6.18 Å². The minimum Gasteiger partial charge on any atom is -0.336 e. The van der Waals surface area contributed by atoms with E-state index in [4.69, 9.17) is 0 Å². The number of hydrogen-bond acceptors (Lipinski definition) is 2. The van der Waals surface area contributed by atoms with Crippen molar-refractivity contribution in [2.24, 2.45) is 0 Å². The number of alkyl halides is 3. The van der Waals surface area contributed by atoms with E-state index in [2.05, 4.69) is 15.9 Å². The van der Waals surface area contributed by atoms with Gasteiger partial charge in [-0.05, 0) is 15.9 Å². The molecule has 0 aromatic carbocycles. The molecule has 0 fully saturated rings. The lowest BCUT2D eigenvalue weighted by molar-refractivity contribution is -0.141. The molecule has 0 amide bonds. The summed E-state index contributed by atoms with van der Waals surface area (Å²) in [5.74, 6) is 0. The summed E-state index contributed by atoms with van der Waals surface area (Å²) in [7, 11) is 0. The maximum absolute atomic E-state index is 12.6. The first-order valence-electron chi connectivity index (χ1n) is 4.32. The van der Waals surface area contributed by atoms with Crippen LogP contribution in [0.2, 0.25) is 0 Å². The quantitative estimate of drug-likeness (QED) is 0.806. The van der Waals surface area contributed by atoms with E-state index < -0.39 is 27.3 Å². The van der Waals surface area contributed by atoms with E-state index in [9.17, 15) is 22.8 Å². The SMILES string of the molecule is O=c1ccn2c(=O)c(Br)c(C(F)(F)F)[nH]c2c1. The van der Waals surface area contributed by atoms with Gasteiger partial charge in [0, 0.05) is 18.3 Å². The second kappa shape index (κ2) is 3.73. The van der Waals surface area contributed by atoms with E-state index in [1.54, 1.807) is 0 Å². The highest BCUT2D eigenvalue weighted by Gasteiger charge is 2.35. The molecule has 0 aliphatic heterocycles. The first-order valence-corrected chi connectivity index (χ1v) is 5.11. The summed E-state index contributed by atoms with van der Waals surface area (Å²) in [5, 5.41) is 0. The molecule has 0 radical (unpaired) electrons. The molecule has 8 heteroatoms. The van der Waals surface area contributed by atoms with Crippen LogP contribution in [0.25, 0.3) is 5.65 Å². The van der Waals surface area contributed by atoms with E-state index in [1.807, 2.05) is 4.98 Å². The standard InChI is InChI=1S/C9H4BrF3N2O2/c10-6-7(9(11,12)13)14-5-3-4(16)1-2-15(5)8(6)17/h1-3,14H. The number of aromatic amines is 1. The number of fused-ring (bicyclic) bond motifs is 1. The molecule has 1 N–H and O–H groups in total. The maximum atomic E-state index is 12.6. The average Bonchev–Trinajstić information content (AvgIpc) is 2.21. The molecule has 2 rings (SSSR count). The molecule has 2 heterocycles. The molecule has 0 atom stereocenters. The Bertz CT molecular complexity index is 702. The molecule has 0 saturated heterocycles. The lowest BCUT2D eigenvalue weighted by Gasteiger charge is -2.10. The Balaban J connectivity index is 2.96. The lowest BCUT2D eigenvalue weighted by Crippen LogP contribution is -2.23. The number of hydrogen-bond donors (Lipinski definition) is 1. The van der Waals surface area contributed by atoms with Crippen molar-refractivity contribution in [1.82, 2.24) is 9.38 Å². The van der Waals surface area contributed by atoms with Gasteiger partial charge in [0.2, 0.25) is 0 Å². The third-order valence-corrected chi connectivity index (χ3v) is 2.82. The van der Waals surface area contributed by atoms with Crippen molar-refractivity contribution in [1.29, 1.82) is 0 Å². The van der Waals surface area contributed by atoms with Crippen molar-refractivity contribution in [2.75, 3.05) is 0 Å². The molecule has 0 spiro atoms. The number of nitrogens with one attached hydrogen (secondary N) is 1. The Morgan fingerprint density at radius 1 is 1.29 bits per heavy atom. The van der Waals surface area contributed by atoms with Gasteiger partial charge in [-0.2, -0.15) is 13.2 Å². The van der Waals surface area contributed by atoms with Crippen LogP contribution in [0.3, 0.4) is 0 Å². The van der Waals surface area contributed by atoms with Gasteiger partial charge in [0.25, 0.3) is 5.56 Å². The molecular formula is C9H4BrF3N2O2. The van der Waals surface area contributed by atoms with Crippen molar-refractivity contribution in [3.05, 3.63) is 49.1 Å². The highest BCUT2D eigenvalue weighted by molar-refractivity contribution is 9.10. The van der Waals surface area contributed by atoms with Gasteiger partial charge in [-0.15, -0.1) is 0 Å². The third-order valence-electron chi connectivity index (χ3n) is 2.09. The van der Waals surface area contributed by atoms with Gasteiger partial charge in [0.1, 0.15) is 15.8 Å². The molecule has 4 nitrogen and oxygen atoms in total. The van der Waals surface area contributed by atoms with E-state index in [-0.39, 0.29) is 5.65 Å². The molecule has 0 saturated carbocycles. The fourth-order valence-corrected chi connectivity index (χ4v) is 1.86. The maximum Gasteiger partial charge on any atom is 0.432 e. The van der Waals surface area contributed by atoms with Gasteiger partial charge in [0.05, 0.1) is 0 Å². The fraction of sp³-hybridized carbons (Fsp3) is 0.111. The summed E-state index contributed by atoms with van der Waals surface area (Å²) >= 11 is 2.59.